The third kappa shape index (κ3) is 4.36. The van der Waals surface area contributed by atoms with E-state index >= 15 is 0 Å². The molecule has 22 heavy (non-hydrogen) atoms. The Bertz CT molecular complexity index is 679. The molecule has 0 radical (unpaired) electrons. The van der Waals surface area contributed by atoms with Crippen molar-refractivity contribution in [3.05, 3.63) is 46.5 Å². The smallest absolute Gasteiger partial charge is 0.387 e. The van der Waals surface area contributed by atoms with Gasteiger partial charge in [-0.05, 0) is 26.0 Å². The van der Waals surface area contributed by atoms with E-state index in [1.807, 2.05) is 13.8 Å². The third-order valence-electron chi connectivity index (χ3n) is 2.81. The van der Waals surface area contributed by atoms with Crippen LogP contribution in [0.1, 0.15) is 16.1 Å². The van der Waals surface area contributed by atoms with Crippen molar-refractivity contribution in [3.8, 4) is 5.75 Å². The monoisotopic (exact) mass is 324 g/mol. The second-order valence-corrected chi connectivity index (χ2v) is 5.60. The van der Waals surface area contributed by atoms with E-state index in [0.29, 0.717) is 10.7 Å². The third-order valence-corrected chi connectivity index (χ3v) is 3.80. The fraction of sp³-hybridized carbons (Fsp3) is 0.200. The Morgan fingerprint density at radius 1 is 1.36 bits per heavy atom. The second-order valence-electron chi connectivity index (χ2n) is 4.40. The number of hydrogen-bond donors (Lipinski definition) is 1. The summed E-state index contributed by atoms with van der Waals surface area (Å²) in [6, 6.07) is 6.25. The van der Waals surface area contributed by atoms with Crippen molar-refractivity contribution in [2.24, 2.45) is 0 Å². The largest absolute Gasteiger partial charge is 0.434 e. The molecular formula is C15H14F2N2O2S. The maximum absolute atomic E-state index is 12.3. The Balaban J connectivity index is 2.06. The van der Waals surface area contributed by atoms with Crippen LogP contribution in [0.4, 0.5) is 13.9 Å². The molecule has 7 heteroatoms. The molecule has 2 rings (SSSR count). The van der Waals surface area contributed by atoms with Crippen LogP contribution in [-0.4, -0.2) is 17.5 Å². The van der Waals surface area contributed by atoms with E-state index in [-0.39, 0.29) is 11.7 Å². The van der Waals surface area contributed by atoms with Gasteiger partial charge in [0, 0.05) is 16.5 Å². The highest BCUT2D eigenvalue weighted by molar-refractivity contribution is 7.15. The van der Waals surface area contributed by atoms with E-state index in [2.05, 4.69) is 15.0 Å². The maximum atomic E-state index is 12.3. The van der Waals surface area contributed by atoms with E-state index in [4.69, 9.17) is 0 Å². The highest BCUT2D eigenvalue weighted by Crippen LogP contribution is 2.23. The van der Waals surface area contributed by atoms with E-state index in [9.17, 15) is 13.6 Å². The number of hydrogen-bond acceptors (Lipinski definition) is 4. The number of aromatic nitrogens is 1. The Hall–Kier alpha value is -2.28. The maximum Gasteiger partial charge on any atom is 0.387 e. The average molecular weight is 324 g/mol. The molecule has 0 bridgehead atoms. The summed E-state index contributed by atoms with van der Waals surface area (Å²) in [5.74, 6) is -0.372. The van der Waals surface area contributed by atoms with E-state index in [1.165, 1.54) is 29.6 Å². The SMILES string of the molecule is Cc1nc(NC(=O)/C=C/c2ccccc2OC(F)F)sc1C. The van der Waals surface area contributed by atoms with Gasteiger partial charge in [0.25, 0.3) is 0 Å². The van der Waals surface area contributed by atoms with Crippen molar-refractivity contribution in [1.29, 1.82) is 0 Å². The zero-order valence-electron chi connectivity index (χ0n) is 12.0. The number of nitrogens with zero attached hydrogens (tertiary/aromatic N) is 1. The van der Waals surface area contributed by atoms with Gasteiger partial charge in [-0.25, -0.2) is 4.98 Å². The summed E-state index contributed by atoms with van der Waals surface area (Å²) >= 11 is 1.38. The fourth-order valence-electron chi connectivity index (χ4n) is 1.66. The van der Waals surface area contributed by atoms with E-state index < -0.39 is 6.61 Å². The topological polar surface area (TPSA) is 51.2 Å². The Morgan fingerprint density at radius 3 is 2.73 bits per heavy atom. The summed E-state index contributed by atoms with van der Waals surface area (Å²) in [6.45, 7) is 0.857. The number of carbonyl (C=O) groups is 1. The quantitative estimate of drug-likeness (QED) is 0.845. The lowest BCUT2D eigenvalue weighted by molar-refractivity contribution is -0.111. The van der Waals surface area contributed by atoms with Crippen LogP contribution in [0.2, 0.25) is 0 Å². The molecule has 0 aliphatic carbocycles. The van der Waals surface area contributed by atoms with Crippen LogP contribution in [0.25, 0.3) is 6.08 Å². The number of benzene rings is 1. The number of anilines is 1. The molecule has 1 heterocycles. The number of thiazole rings is 1. The molecule has 1 aromatic heterocycles. The van der Waals surface area contributed by atoms with Crippen molar-refractivity contribution < 1.29 is 18.3 Å². The lowest BCUT2D eigenvalue weighted by Crippen LogP contribution is -2.07. The summed E-state index contributed by atoms with van der Waals surface area (Å²) in [7, 11) is 0. The van der Waals surface area contributed by atoms with E-state index in [0.717, 1.165) is 10.6 Å². The van der Waals surface area contributed by atoms with Crippen molar-refractivity contribution in [1.82, 2.24) is 4.98 Å². The van der Waals surface area contributed by atoms with Crippen molar-refractivity contribution in [2.75, 3.05) is 5.32 Å². The Kier molecular flexibility index (Phi) is 5.21. The van der Waals surface area contributed by atoms with Gasteiger partial charge >= 0.3 is 6.61 Å². The zero-order valence-corrected chi connectivity index (χ0v) is 12.8. The van der Waals surface area contributed by atoms with Crippen LogP contribution >= 0.6 is 11.3 Å². The Labute approximate surface area is 130 Å². The molecule has 1 amide bonds. The Morgan fingerprint density at radius 2 is 2.09 bits per heavy atom. The van der Waals surface area contributed by atoms with Crippen molar-refractivity contribution >= 4 is 28.5 Å². The number of amides is 1. The fourth-order valence-corrected chi connectivity index (χ4v) is 2.48. The number of aryl methyl sites for hydroxylation is 2. The minimum atomic E-state index is -2.91. The molecular weight excluding hydrogens is 310 g/mol. The summed E-state index contributed by atoms with van der Waals surface area (Å²) in [4.78, 5) is 17.0. The molecule has 116 valence electrons. The van der Waals surface area contributed by atoms with Gasteiger partial charge in [-0.15, -0.1) is 11.3 Å². The second kappa shape index (κ2) is 7.13. The molecule has 0 unspecified atom stereocenters. The number of halogens is 2. The van der Waals surface area contributed by atoms with Crippen LogP contribution in [0.5, 0.6) is 5.75 Å². The zero-order chi connectivity index (χ0) is 16.1. The summed E-state index contributed by atoms with van der Waals surface area (Å²) in [5, 5.41) is 3.13. The minimum absolute atomic E-state index is 0.0162. The number of nitrogens with one attached hydrogen (secondary N) is 1. The lowest BCUT2D eigenvalue weighted by atomic mass is 10.2. The van der Waals surface area contributed by atoms with E-state index in [1.54, 1.807) is 18.2 Å². The predicted octanol–water partition coefficient (Wildman–Crippen LogP) is 4.01. The van der Waals surface area contributed by atoms with Gasteiger partial charge in [0.1, 0.15) is 5.75 Å². The molecule has 0 saturated heterocycles. The lowest BCUT2D eigenvalue weighted by Gasteiger charge is -2.07. The first-order valence-electron chi connectivity index (χ1n) is 6.42. The van der Waals surface area contributed by atoms with Gasteiger partial charge < -0.3 is 4.74 Å². The van der Waals surface area contributed by atoms with Gasteiger partial charge in [0.2, 0.25) is 5.91 Å². The number of ether oxygens (including phenoxy) is 1. The molecule has 4 nitrogen and oxygen atoms in total. The first-order valence-corrected chi connectivity index (χ1v) is 7.24. The summed E-state index contributed by atoms with van der Waals surface area (Å²) in [6.07, 6.45) is 2.67. The van der Waals surface area contributed by atoms with Crippen LogP contribution in [0.15, 0.2) is 30.3 Å². The molecule has 0 aliphatic heterocycles. The van der Waals surface area contributed by atoms with Gasteiger partial charge in [-0.1, -0.05) is 18.2 Å². The minimum Gasteiger partial charge on any atom is -0.434 e. The summed E-state index contributed by atoms with van der Waals surface area (Å²) in [5.41, 5.74) is 1.25. The number of carbonyl (C=O) groups excluding carboxylic acids is 1. The molecule has 0 fully saturated rings. The molecule has 2 aromatic rings. The number of para-hydroxylation sites is 1. The first-order chi connectivity index (χ1) is 10.5. The molecule has 0 aliphatic rings. The molecule has 1 aromatic carbocycles. The van der Waals surface area contributed by atoms with Crippen molar-refractivity contribution in [2.45, 2.75) is 20.5 Å². The summed E-state index contributed by atoms with van der Waals surface area (Å²) < 4.78 is 29.0. The van der Waals surface area contributed by atoms with Crippen LogP contribution in [0, 0.1) is 13.8 Å². The van der Waals surface area contributed by atoms with Gasteiger partial charge in [-0.3, -0.25) is 10.1 Å². The normalized spacial score (nSPS) is 11.1. The highest BCUT2D eigenvalue weighted by atomic mass is 32.1. The van der Waals surface area contributed by atoms with Gasteiger partial charge in [0.05, 0.1) is 5.69 Å². The number of rotatable bonds is 5. The molecule has 1 N–H and O–H groups in total. The number of alkyl halides is 2. The predicted molar refractivity (Wildman–Crippen MR) is 82.3 cm³/mol. The standard InChI is InChI=1S/C15H14F2N2O2S/c1-9-10(2)22-15(18-9)19-13(20)8-7-11-5-3-4-6-12(11)21-14(16)17/h3-8,14H,1-2H3,(H,18,19,20)/b8-7+. The molecule has 0 saturated carbocycles. The first kappa shape index (κ1) is 16.1. The molecule has 0 spiro atoms. The van der Waals surface area contributed by atoms with Crippen LogP contribution < -0.4 is 10.1 Å². The van der Waals surface area contributed by atoms with Crippen LogP contribution in [0.3, 0.4) is 0 Å². The van der Waals surface area contributed by atoms with Gasteiger partial charge in [-0.2, -0.15) is 8.78 Å². The highest BCUT2D eigenvalue weighted by Gasteiger charge is 2.08. The van der Waals surface area contributed by atoms with Crippen LogP contribution in [-0.2, 0) is 4.79 Å². The molecule has 0 atom stereocenters. The van der Waals surface area contributed by atoms with Gasteiger partial charge in [0.15, 0.2) is 5.13 Å². The van der Waals surface area contributed by atoms with Crippen molar-refractivity contribution in [3.63, 3.8) is 0 Å². The average Bonchev–Trinajstić information content (AvgIpc) is 2.75.